The molecule has 2 aromatic rings. The van der Waals surface area contributed by atoms with E-state index in [2.05, 4.69) is 5.32 Å². The Morgan fingerprint density at radius 1 is 1.18 bits per heavy atom. The van der Waals surface area contributed by atoms with E-state index < -0.39 is 22.0 Å². The number of anilines is 2. The van der Waals surface area contributed by atoms with Gasteiger partial charge in [0, 0.05) is 31.2 Å². The fourth-order valence-corrected chi connectivity index (χ4v) is 5.20. The molecule has 1 unspecified atom stereocenters. The normalized spacial score (nSPS) is 15.6. The molecule has 0 aliphatic carbocycles. The van der Waals surface area contributed by atoms with Gasteiger partial charge in [0.1, 0.15) is 5.75 Å². The minimum atomic E-state index is -3.71. The predicted molar refractivity (Wildman–Crippen MR) is 130 cm³/mol. The van der Waals surface area contributed by atoms with E-state index in [1.165, 1.54) is 10.4 Å². The summed E-state index contributed by atoms with van der Waals surface area (Å²) >= 11 is 5.99. The van der Waals surface area contributed by atoms with E-state index in [0.717, 1.165) is 5.69 Å². The highest BCUT2D eigenvalue weighted by molar-refractivity contribution is 7.89. The molecule has 0 saturated carbocycles. The molecule has 33 heavy (non-hydrogen) atoms. The minimum Gasteiger partial charge on any atom is -0.481 e. The van der Waals surface area contributed by atoms with Gasteiger partial charge in [0.15, 0.2) is 6.10 Å². The van der Waals surface area contributed by atoms with Crippen LogP contribution in [0.2, 0.25) is 5.02 Å². The lowest BCUT2D eigenvalue weighted by Gasteiger charge is -2.28. The maximum absolute atomic E-state index is 13.2. The van der Waals surface area contributed by atoms with Crippen molar-refractivity contribution in [2.75, 3.05) is 49.6 Å². The standard InChI is InChI=1S/C23H30ClN3O5S/c1-4-26(5-2)22-10-9-20(33(29,30)27-11-13-31-14-12-27)16-21(22)25-23(28)17(3)32-19-8-6-7-18(24)15-19/h6-10,15-17H,4-5,11-14H2,1-3H3,(H,25,28). The molecule has 0 bridgehead atoms. The van der Waals surface area contributed by atoms with Crippen LogP contribution in [0.4, 0.5) is 11.4 Å². The second-order valence-electron chi connectivity index (χ2n) is 7.57. The van der Waals surface area contributed by atoms with Gasteiger partial charge in [0.25, 0.3) is 5.91 Å². The molecule has 1 saturated heterocycles. The number of nitrogens with zero attached hydrogens (tertiary/aromatic N) is 2. The molecule has 1 aliphatic heterocycles. The van der Waals surface area contributed by atoms with Gasteiger partial charge in [-0.25, -0.2) is 8.42 Å². The van der Waals surface area contributed by atoms with Crippen LogP contribution in [0.25, 0.3) is 0 Å². The Bertz CT molecular complexity index is 1070. The molecule has 180 valence electrons. The number of halogens is 1. The van der Waals surface area contributed by atoms with E-state index in [9.17, 15) is 13.2 Å². The summed E-state index contributed by atoms with van der Waals surface area (Å²) in [5.74, 6) is 0.0714. The first-order chi connectivity index (χ1) is 15.8. The number of benzene rings is 2. The number of morpholine rings is 1. The van der Waals surface area contributed by atoms with Crippen molar-refractivity contribution in [2.45, 2.75) is 31.8 Å². The molecular formula is C23H30ClN3O5S. The molecular weight excluding hydrogens is 466 g/mol. The summed E-state index contributed by atoms with van der Waals surface area (Å²) < 4.78 is 38.7. The quantitative estimate of drug-likeness (QED) is 0.571. The number of nitrogens with one attached hydrogen (secondary N) is 1. The summed E-state index contributed by atoms with van der Waals surface area (Å²) in [5.41, 5.74) is 1.16. The monoisotopic (exact) mass is 495 g/mol. The van der Waals surface area contributed by atoms with Gasteiger partial charge in [-0.3, -0.25) is 4.79 Å². The number of hydrogen-bond donors (Lipinski definition) is 1. The highest BCUT2D eigenvalue weighted by Crippen LogP contribution is 2.31. The van der Waals surface area contributed by atoms with E-state index in [1.54, 1.807) is 43.3 Å². The lowest BCUT2D eigenvalue weighted by Crippen LogP contribution is -2.40. The molecule has 1 fully saturated rings. The van der Waals surface area contributed by atoms with Gasteiger partial charge in [0.2, 0.25) is 10.0 Å². The third kappa shape index (κ3) is 6.17. The van der Waals surface area contributed by atoms with E-state index in [4.69, 9.17) is 21.1 Å². The topological polar surface area (TPSA) is 88.2 Å². The number of rotatable bonds is 9. The maximum atomic E-state index is 13.2. The van der Waals surface area contributed by atoms with Crippen LogP contribution in [0.5, 0.6) is 5.75 Å². The van der Waals surface area contributed by atoms with E-state index in [0.29, 0.717) is 55.9 Å². The second-order valence-corrected chi connectivity index (χ2v) is 9.95. The van der Waals surface area contributed by atoms with E-state index >= 15 is 0 Å². The average molecular weight is 496 g/mol. The summed E-state index contributed by atoms with van der Waals surface area (Å²) in [6.07, 6.45) is -0.826. The van der Waals surface area contributed by atoms with Gasteiger partial charge >= 0.3 is 0 Å². The van der Waals surface area contributed by atoms with Crippen LogP contribution in [0.3, 0.4) is 0 Å². The first-order valence-corrected chi connectivity index (χ1v) is 12.8. The zero-order chi connectivity index (χ0) is 24.0. The first-order valence-electron chi connectivity index (χ1n) is 11.0. The van der Waals surface area contributed by atoms with Crippen LogP contribution >= 0.6 is 11.6 Å². The molecule has 8 nitrogen and oxygen atoms in total. The summed E-state index contributed by atoms with van der Waals surface area (Å²) in [5, 5.41) is 3.37. The van der Waals surface area contributed by atoms with Gasteiger partial charge in [-0.2, -0.15) is 4.31 Å². The SMILES string of the molecule is CCN(CC)c1ccc(S(=O)(=O)N2CCOCC2)cc1NC(=O)C(C)Oc1cccc(Cl)c1. The molecule has 0 radical (unpaired) electrons. The smallest absolute Gasteiger partial charge is 0.265 e. The van der Waals surface area contributed by atoms with Gasteiger partial charge in [-0.15, -0.1) is 0 Å². The molecule has 3 rings (SSSR count). The number of sulfonamides is 1. The van der Waals surface area contributed by atoms with Gasteiger partial charge in [-0.05, 0) is 57.2 Å². The van der Waals surface area contributed by atoms with Crippen molar-refractivity contribution in [1.82, 2.24) is 4.31 Å². The van der Waals surface area contributed by atoms with Crippen molar-refractivity contribution in [3.8, 4) is 5.75 Å². The lowest BCUT2D eigenvalue weighted by molar-refractivity contribution is -0.122. The Morgan fingerprint density at radius 3 is 2.52 bits per heavy atom. The highest BCUT2D eigenvalue weighted by Gasteiger charge is 2.28. The van der Waals surface area contributed by atoms with Gasteiger partial charge in [0.05, 0.1) is 29.5 Å². The summed E-state index contributed by atoms with van der Waals surface area (Å²) in [6.45, 7) is 8.33. The average Bonchev–Trinajstić information content (AvgIpc) is 2.81. The third-order valence-electron chi connectivity index (χ3n) is 5.42. The largest absolute Gasteiger partial charge is 0.481 e. The molecule has 0 spiro atoms. The van der Waals surface area contributed by atoms with Crippen molar-refractivity contribution < 1.29 is 22.7 Å². The van der Waals surface area contributed by atoms with Gasteiger partial charge < -0.3 is 19.7 Å². The number of hydrogen-bond acceptors (Lipinski definition) is 6. The lowest BCUT2D eigenvalue weighted by atomic mass is 10.2. The molecule has 1 aliphatic rings. The summed E-state index contributed by atoms with van der Waals surface area (Å²) in [7, 11) is -3.71. The van der Waals surface area contributed by atoms with Crippen LogP contribution in [0.1, 0.15) is 20.8 Å². The predicted octanol–water partition coefficient (Wildman–Crippen LogP) is 3.61. The minimum absolute atomic E-state index is 0.124. The Morgan fingerprint density at radius 2 is 1.88 bits per heavy atom. The van der Waals surface area contributed by atoms with Crippen molar-refractivity contribution in [3.05, 3.63) is 47.5 Å². The van der Waals surface area contributed by atoms with Crippen LogP contribution in [-0.4, -0.2) is 64.1 Å². The number of carbonyl (C=O) groups excluding carboxylic acids is 1. The Kier molecular flexibility index (Phi) is 8.58. The molecule has 2 aromatic carbocycles. The zero-order valence-corrected chi connectivity index (χ0v) is 20.7. The van der Waals surface area contributed by atoms with Crippen LogP contribution in [-0.2, 0) is 19.6 Å². The summed E-state index contributed by atoms with van der Waals surface area (Å²) in [4.78, 5) is 15.1. The van der Waals surface area contributed by atoms with E-state index in [-0.39, 0.29) is 4.90 Å². The van der Waals surface area contributed by atoms with Crippen molar-refractivity contribution >= 4 is 38.9 Å². The summed E-state index contributed by atoms with van der Waals surface area (Å²) in [6, 6.07) is 11.6. The number of carbonyl (C=O) groups is 1. The molecule has 1 N–H and O–H groups in total. The molecule has 10 heteroatoms. The highest BCUT2D eigenvalue weighted by atomic mass is 35.5. The third-order valence-corrected chi connectivity index (χ3v) is 7.55. The Hall–Kier alpha value is -2.33. The van der Waals surface area contributed by atoms with E-state index in [1.807, 2.05) is 18.7 Å². The molecule has 1 atom stereocenters. The second kappa shape index (κ2) is 11.2. The van der Waals surface area contributed by atoms with Crippen LogP contribution in [0, 0.1) is 0 Å². The van der Waals surface area contributed by atoms with Crippen LogP contribution < -0.4 is 15.0 Å². The maximum Gasteiger partial charge on any atom is 0.265 e. The van der Waals surface area contributed by atoms with Crippen LogP contribution in [0.15, 0.2) is 47.4 Å². The fraction of sp³-hybridized carbons (Fsp3) is 0.435. The first kappa shape index (κ1) is 25.3. The number of ether oxygens (including phenoxy) is 2. The van der Waals surface area contributed by atoms with Crippen molar-refractivity contribution in [2.24, 2.45) is 0 Å². The molecule has 1 heterocycles. The Labute approximate surface area is 200 Å². The van der Waals surface area contributed by atoms with Crippen molar-refractivity contribution in [1.29, 1.82) is 0 Å². The molecule has 0 aromatic heterocycles. The van der Waals surface area contributed by atoms with Crippen molar-refractivity contribution in [3.63, 3.8) is 0 Å². The molecule has 1 amide bonds. The fourth-order valence-electron chi connectivity index (χ4n) is 3.58. The van der Waals surface area contributed by atoms with Gasteiger partial charge in [-0.1, -0.05) is 17.7 Å². The number of amides is 1. The Balaban J connectivity index is 1.88. The zero-order valence-electron chi connectivity index (χ0n) is 19.1.